The van der Waals surface area contributed by atoms with Gasteiger partial charge in [0.25, 0.3) is 0 Å². The molecule has 0 saturated carbocycles. The average molecular weight is 538 g/mol. The monoisotopic (exact) mass is 537 g/mol. The van der Waals surface area contributed by atoms with Crippen molar-refractivity contribution in [1.29, 1.82) is 0 Å². The van der Waals surface area contributed by atoms with Gasteiger partial charge in [-0.2, -0.15) is 0 Å². The smallest absolute Gasteiger partial charge is 0.339 e. The van der Waals surface area contributed by atoms with E-state index in [0.29, 0.717) is 32.7 Å². The Hall–Kier alpha value is -4.88. The van der Waals surface area contributed by atoms with Gasteiger partial charge in [-0.05, 0) is 59.5 Å². The van der Waals surface area contributed by atoms with E-state index >= 15 is 0 Å². The molecule has 0 spiro atoms. The molecule has 5 rings (SSSR count). The van der Waals surface area contributed by atoms with E-state index in [1.807, 2.05) is 32.0 Å². The number of hydrogen-bond donors (Lipinski definition) is 5. The molecule has 5 aromatic carbocycles. The number of hydrogen-bond acceptors (Lipinski definition) is 5. The van der Waals surface area contributed by atoms with Crippen LogP contribution < -0.4 is 5.73 Å². The quantitative estimate of drug-likeness (QED) is 0.170. The Morgan fingerprint density at radius 3 is 1.48 bits per heavy atom. The van der Waals surface area contributed by atoms with Crippen molar-refractivity contribution in [3.05, 3.63) is 119 Å². The van der Waals surface area contributed by atoms with Crippen LogP contribution in [-0.4, -0.2) is 37.9 Å². The number of phenols is 2. The highest BCUT2D eigenvalue weighted by Gasteiger charge is 2.22. The first-order valence-electron chi connectivity index (χ1n) is 12.7. The summed E-state index contributed by atoms with van der Waals surface area (Å²) in [5.74, 6) is -3.36. The van der Waals surface area contributed by atoms with E-state index in [1.54, 1.807) is 48.5 Å². The number of carbonyl (C=O) groups is 2. The van der Waals surface area contributed by atoms with Crippen LogP contribution in [0.1, 0.15) is 51.3 Å². The number of benzene rings is 5. The summed E-state index contributed by atoms with van der Waals surface area (Å²) < 4.78 is 0. The molecular formula is C33H31NO6. The molecule has 0 radical (unpaired) electrons. The van der Waals surface area contributed by atoms with Gasteiger partial charge < -0.3 is 26.2 Å². The first-order chi connectivity index (χ1) is 19.0. The van der Waals surface area contributed by atoms with Crippen LogP contribution in [0.2, 0.25) is 0 Å². The minimum atomic E-state index is -1.28. The lowest BCUT2D eigenvalue weighted by molar-refractivity contribution is 0.0682. The molecule has 0 saturated heterocycles. The lowest BCUT2D eigenvalue weighted by Crippen LogP contribution is -2.34. The van der Waals surface area contributed by atoms with Gasteiger partial charge in [-0.15, -0.1) is 0 Å². The van der Waals surface area contributed by atoms with Crippen molar-refractivity contribution in [2.75, 3.05) is 0 Å². The third-order valence-corrected chi connectivity index (χ3v) is 6.57. The lowest BCUT2D eigenvalue weighted by atomic mass is 9.90. The van der Waals surface area contributed by atoms with E-state index < -0.39 is 23.4 Å². The van der Waals surface area contributed by atoms with Gasteiger partial charge in [-0.3, -0.25) is 0 Å². The average Bonchev–Trinajstić information content (AvgIpc) is 2.90. The normalized spacial score (nSPS) is 11.2. The zero-order valence-electron chi connectivity index (χ0n) is 22.3. The SMILES string of the molecule is CC(C)(N)Cc1ccccc1.O=C(O)c1cc2ccccc2c(Cc2c(O)c(C(=O)O)cc3ccccc23)c1O. The van der Waals surface area contributed by atoms with Crippen molar-refractivity contribution in [2.45, 2.75) is 32.2 Å². The number of fused-ring (bicyclic) bond motifs is 2. The van der Waals surface area contributed by atoms with Gasteiger partial charge in [-0.25, -0.2) is 9.59 Å². The van der Waals surface area contributed by atoms with Crippen LogP contribution in [0.4, 0.5) is 0 Å². The summed E-state index contributed by atoms with van der Waals surface area (Å²) in [6.45, 7) is 4.08. The molecule has 6 N–H and O–H groups in total. The summed E-state index contributed by atoms with van der Waals surface area (Å²) in [6.07, 6.45) is 0.898. The molecule has 7 heteroatoms. The maximum Gasteiger partial charge on any atom is 0.339 e. The van der Waals surface area contributed by atoms with Crippen LogP contribution >= 0.6 is 0 Å². The van der Waals surface area contributed by atoms with Gasteiger partial charge >= 0.3 is 11.9 Å². The molecule has 0 bridgehead atoms. The number of nitrogens with two attached hydrogens (primary N) is 1. The summed E-state index contributed by atoms with van der Waals surface area (Å²) in [7, 11) is 0. The Balaban J connectivity index is 0.000000283. The van der Waals surface area contributed by atoms with Crippen LogP contribution in [0.3, 0.4) is 0 Å². The van der Waals surface area contributed by atoms with Gasteiger partial charge in [0.1, 0.15) is 22.6 Å². The number of carboxylic acids is 2. The zero-order valence-corrected chi connectivity index (χ0v) is 22.3. The Labute approximate surface area is 231 Å². The van der Waals surface area contributed by atoms with Crippen molar-refractivity contribution in [3.8, 4) is 11.5 Å². The number of aromatic carboxylic acids is 2. The molecule has 5 aromatic rings. The molecule has 7 nitrogen and oxygen atoms in total. The minimum absolute atomic E-state index is 0.0407. The van der Waals surface area contributed by atoms with E-state index in [0.717, 1.165) is 6.42 Å². The van der Waals surface area contributed by atoms with E-state index in [9.17, 15) is 30.0 Å². The molecule has 0 heterocycles. The van der Waals surface area contributed by atoms with Gasteiger partial charge in [0.05, 0.1) is 0 Å². The van der Waals surface area contributed by atoms with Gasteiger partial charge in [-0.1, -0.05) is 78.9 Å². The third kappa shape index (κ3) is 6.22. The number of carboxylic acid groups (broad SMARTS) is 2. The Morgan fingerprint density at radius 1 is 0.675 bits per heavy atom. The fourth-order valence-corrected chi connectivity index (χ4v) is 4.81. The molecule has 204 valence electrons. The van der Waals surface area contributed by atoms with Crippen LogP contribution in [0.25, 0.3) is 21.5 Å². The maximum atomic E-state index is 11.6. The van der Waals surface area contributed by atoms with Gasteiger partial charge in [0.15, 0.2) is 0 Å². The number of rotatable bonds is 6. The van der Waals surface area contributed by atoms with Crippen LogP contribution in [0.5, 0.6) is 11.5 Å². The number of aromatic hydroxyl groups is 2. The second-order valence-electron chi connectivity index (χ2n) is 10.4. The van der Waals surface area contributed by atoms with E-state index in [1.165, 1.54) is 17.7 Å². The minimum Gasteiger partial charge on any atom is -0.507 e. The molecule has 0 aliphatic heterocycles. The summed E-state index contributed by atoms with van der Waals surface area (Å²) >= 11 is 0. The van der Waals surface area contributed by atoms with Gasteiger partial charge in [0.2, 0.25) is 0 Å². The van der Waals surface area contributed by atoms with Crippen molar-refractivity contribution in [3.63, 3.8) is 0 Å². The highest BCUT2D eigenvalue weighted by molar-refractivity contribution is 6.02. The zero-order chi connectivity index (χ0) is 29.0. The van der Waals surface area contributed by atoms with E-state index in [2.05, 4.69) is 12.1 Å². The third-order valence-electron chi connectivity index (χ3n) is 6.57. The second-order valence-corrected chi connectivity index (χ2v) is 10.4. The molecule has 0 amide bonds. The maximum absolute atomic E-state index is 11.6. The second kappa shape index (κ2) is 11.5. The van der Waals surface area contributed by atoms with Crippen molar-refractivity contribution < 1.29 is 30.0 Å². The molecular weight excluding hydrogens is 506 g/mol. The molecule has 0 aliphatic carbocycles. The molecule has 0 aromatic heterocycles. The molecule has 0 aliphatic rings. The summed E-state index contributed by atoms with van der Waals surface area (Å²) in [4.78, 5) is 23.2. The topological polar surface area (TPSA) is 141 Å². The van der Waals surface area contributed by atoms with Gasteiger partial charge in [0, 0.05) is 23.1 Å². The predicted octanol–water partition coefficient (Wildman–Crippen LogP) is 6.36. The predicted molar refractivity (Wildman–Crippen MR) is 156 cm³/mol. The summed E-state index contributed by atoms with van der Waals surface area (Å²) in [5.41, 5.74) is 7.19. The van der Waals surface area contributed by atoms with Crippen LogP contribution in [0, 0.1) is 0 Å². The molecule has 0 unspecified atom stereocenters. The first-order valence-corrected chi connectivity index (χ1v) is 12.7. The van der Waals surface area contributed by atoms with E-state index in [-0.39, 0.29) is 23.1 Å². The molecule has 0 fully saturated rings. The van der Waals surface area contributed by atoms with Crippen LogP contribution in [0.15, 0.2) is 91.0 Å². The van der Waals surface area contributed by atoms with Crippen molar-refractivity contribution in [2.24, 2.45) is 5.73 Å². The first kappa shape index (κ1) is 28.1. The summed E-state index contributed by atoms with van der Waals surface area (Å²) in [5, 5.41) is 42.8. The standard InChI is InChI=1S/C23H16O6.C10H15N/c24-20-16(14-7-3-1-5-12(14)9-18(20)22(26)27)11-17-15-8-4-2-6-13(15)10-19(21(17)25)23(28)29;1-10(2,11)8-9-6-4-3-5-7-9/h1-10,24-25H,11H2,(H,26,27)(H,28,29);3-7H,8,11H2,1-2H3. The Morgan fingerprint density at radius 2 is 1.07 bits per heavy atom. The van der Waals surface area contributed by atoms with E-state index in [4.69, 9.17) is 5.73 Å². The molecule has 0 atom stereocenters. The summed E-state index contributed by atoms with van der Waals surface area (Å²) in [6, 6.07) is 27.1. The molecule has 40 heavy (non-hydrogen) atoms. The van der Waals surface area contributed by atoms with Crippen molar-refractivity contribution >= 4 is 33.5 Å². The highest BCUT2D eigenvalue weighted by atomic mass is 16.4. The fraction of sp³-hybridized carbons (Fsp3) is 0.152. The Bertz CT molecular complexity index is 1600. The highest BCUT2D eigenvalue weighted by Crippen LogP contribution is 2.38. The largest absolute Gasteiger partial charge is 0.507 e. The van der Waals surface area contributed by atoms with Crippen molar-refractivity contribution in [1.82, 2.24) is 0 Å². The Kier molecular flexibility index (Phi) is 8.07. The fourth-order valence-electron chi connectivity index (χ4n) is 4.81. The van der Waals surface area contributed by atoms with Crippen LogP contribution in [-0.2, 0) is 12.8 Å². The lowest BCUT2D eigenvalue weighted by Gasteiger charge is -2.17.